The van der Waals surface area contributed by atoms with Crippen molar-refractivity contribution in [2.75, 3.05) is 13.6 Å². The SMILES string of the molecule is CN(Cc1ccccc1Br)C(=O)CCN.Cl. The van der Waals surface area contributed by atoms with E-state index in [0.717, 1.165) is 10.0 Å². The molecule has 3 nitrogen and oxygen atoms in total. The Bertz CT molecular complexity index is 347. The van der Waals surface area contributed by atoms with Crippen LogP contribution in [0.2, 0.25) is 0 Å². The zero-order valence-corrected chi connectivity index (χ0v) is 11.6. The van der Waals surface area contributed by atoms with Crippen molar-refractivity contribution in [2.24, 2.45) is 5.73 Å². The average molecular weight is 308 g/mol. The normalized spacial score (nSPS) is 9.44. The highest BCUT2D eigenvalue weighted by Gasteiger charge is 2.09. The van der Waals surface area contributed by atoms with E-state index in [1.807, 2.05) is 24.3 Å². The van der Waals surface area contributed by atoms with Crippen molar-refractivity contribution in [3.05, 3.63) is 34.3 Å². The molecule has 0 aliphatic rings. The Morgan fingerprint density at radius 1 is 1.44 bits per heavy atom. The maximum Gasteiger partial charge on any atom is 0.223 e. The summed E-state index contributed by atoms with van der Waals surface area (Å²) in [5, 5.41) is 0. The average Bonchev–Trinajstić information content (AvgIpc) is 2.21. The van der Waals surface area contributed by atoms with Crippen molar-refractivity contribution in [2.45, 2.75) is 13.0 Å². The quantitative estimate of drug-likeness (QED) is 0.927. The third-order valence-corrected chi connectivity index (χ3v) is 2.92. The topological polar surface area (TPSA) is 46.3 Å². The van der Waals surface area contributed by atoms with Crippen LogP contribution in [0.25, 0.3) is 0 Å². The largest absolute Gasteiger partial charge is 0.341 e. The van der Waals surface area contributed by atoms with Gasteiger partial charge in [-0.25, -0.2) is 0 Å². The molecule has 5 heteroatoms. The monoisotopic (exact) mass is 306 g/mol. The lowest BCUT2D eigenvalue weighted by Gasteiger charge is -2.17. The molecular weight excluding hydrogens is 291 g/mol. The fraction of sp³-hybridized carbons (Fsp3) is 0.364. The zero-order valence-electron chi connectivity index (χ0n) is 9.15. The summed E-state index contributed by atoms with van der Waals surface area (Å²) < 4.78 is 1.03. The van der Waals surface area contributed by atoms with E-state index in [1.165, 1.54) is 0 Å². The second kappa shape index (κ2) is 7.65. The van der Waals surface area contributed by atoms with E-state index in [-0.39, 0.29) is 18.3 Å². The minimum atomic E-state index is 0. The number of nitrogens with zero attached hydrogens (tertiary/aromatic N) is 1. The minimum absolute atomic E-state index is 0. The molecule has 0 heterocycles. The Labute approximate surface area is 111 Å². The number of benzene rings is 1. The number of carbonyl (C=O) groups excluding carboxylic acids is 1. The molecule has 0 spiro atoms. The fourth-order valence-electron chi connectivity index (χ4n) is 1.28. The van der Waals surface area contributed by atoms with E-state index < -0.39 is 0 Å². The molecule has 90 valence electrons. The van der Waals surface area contributed by atoms with Gasteiger partial charge in [0.15, 0.2) is 0 Å². The summed E-state index contributed by atoms with van der Waals surface area (Å²) in [7, 11) is 1.79. The smallest absolute Gasteiger partial charge is 0.223 e. The molecule has 0 bridgehead atoms. The molecule has 0 fully saturated rings. The van der Waals surface area contributed by atoms with E-state index in [4.69, 9.17) is 5.73 Å². The Kier molecular flexibility index (Phi) is 7.38. The summed E-state index contributed by atoms with van der Waals surface area (Å²) >= 11 is 3.45. The summed E-state index contributed by atoms with van der Waals surface area (Å²) in [5.74, 6) is 0.0771. The molecule has 0 saturated carbocycles. The van der Waals surface area contributed by atoms with Crippen LogP contribution in [0.1, 0.15) is 12.0 Å². The van der Waals surface area contributed by atoms with Crippen molar-refractivity contribution in [3.8, 4) is 0 Å². The maximum atomic E-state index is 11.5. The maximum absolute atomic E-state index is 11.5. The summed E-state index contributed by atoms with van der Waals surface area (Å²) in [5.41, 5.74) is 6.44. The van der Waals surface area contributed by atoms with Gasteiger partial charge in [-0.3, -0.25) is 4.79 Å². The zero-order chi connectivity index (χ0) is 11.3. The van der Waals surface area contributed by atoms with Crippen molar-refractivity contribution in [1.82, 2.24) is 4.90 Å². The van der Waals surface area contributed by atoms with Crippen LogP contribution >= 0.6 is 28.3 Å². The van der Waals surface area contributed by atoms with E-state index in [2.05, 4.69) is 15.9 Å². The molecule has 0 atom stereocenters. The molecular formula is C11H16BrClN2O. The molecule has 16 heavy (non-hydrogen) atoms. The molecule has 0 radical (unpaired) electrons. The first-order valence-corrected chi connectivity index (χ1v) is 5.62. The molecule has 0 aliphatic carbocycles. The Morgan fingerprint density at radius 2 is 2.06 bits per heavy atom. The van der Waals surface area contributed by atoms with Gasteiger partial charge in [-0.05, 0) is 11.6 Å². The Hall–Kier alpha value is -0.580. The number of amides is 1. The second-order valence-corrected chi connectivity index (χ2v) is 4.23. The highest BCUT2D eigenvalue weighted by Crippen LogP contribution is 2.17. The molecule has 0 aromatic heterocycles. The van der Waals surface area contributed by atoms with E-state index in [9.17, 15) is 4.79 Å². The van der Waals surface area contributed by atoms with Gasteiger partial charge in [-0.15, -0.1) is 12.4 Å². The highest BCUT2D eigenvalue weighted by molar-refractivity contribution is 9.10. The molecule has 0 unspecified atom stereocenters. The first-order chi connectivity index (χ1) is 7.15. The van der Waals surface area contributed by atoms with E-state index in [1.54, 1.807) is 11.9 Å². The molecule has 1 aromatic rings. The van der Waals surface area contributed by atoms with Crippen molar-refractivity contribution < 1.29 is 4.79 Å². The van der Waals surface area contributed by atoms with Crippen molar-refractivity contribution in [3.63, 3.8) is 0 Å². The molecule has 0 saturated heterocycles. The third-order valence-electron chi connectivity index (χ3n) is 2.15. The Balaban J connectivity index is 0.00000225. The van der Waals surface area contributed by atoms with Crippen LogP contribution < -0.4 is 5.73 Å². The molecule has 1 rings (SSSR count). The number of carbonyl (C=O) groups is 1. The van der Waals surface area contributed by atoms with Crippen LogP contribution in [-0.4, -0.2) is 24.4 Å². The summed E-state index contributed by atoms with van der Waals surface area (Å²) in [6.45, 7) is 1.01. The van der Waals surface area contributed by atoms with Gasteiger partial charge in [0.1, 0.15) is 0 Å². The summed E-state index contributed by atoms with van der Waals surface area (Å²) in [4.78, 5) is 13.2. The van der Waals surface area contributed by atoms with Gasteiger partial charge in [0, 0.05) is 31.0 Å². The lowest BCUT2D eigenvalue weighted by atomic mass is 10.2. The van der Waals surface area contributed by atoms with Crippen molar-refractivity contribution in [1.29, 1.82) is 0 Å². The van der Waals surface area contributed by atoms with Crippen LogP contribution in [-0.2, 0) is 11.3 Å². The minimum Gasteiger partial charge on any atom is -0.341 e. The molecule has 1 amide bonds. The summed E-state index contributed by atoms with van der Waals surface area (Å²) in [6, 6.07) is 7.88. The second-order valence-electron chi connectivity index (χ2n) is 3.38. The number of halogens is 2. The predicted octanol–water partition coefficient (Wildman–Crippen LogP) is 2.18. The molecule has 1 aromatic carbocycles. The Morgan fingerprint density at radius 3 is 2.62 bits per heavy atom. The van der Waals surface area contributed by atoms with E-state index in [0.29, 0.717) is 19.5 Å². The van der Waals surface area contributed by atoms with Gasteiger partial charge in [0.25, 0.3) is 0 Å². The summed E-state index contributed by atoms with van der Waals surface area (Å²) in [6.07, 6.45) is 0.404. The van der Waals surface area contributed by atoms with Crippen LogP contribution in [0.3, 0.4) is 0 Å². The number of hydrogen-bond acceptors (Lipinski definition) is 2. The van der Waals surface area contributed by atoms with Gasteiger partial charge in [-0.1, -0.05) is 34.1 Å². The van der Waals surface area contributed by atoms with Crippen LogP contribution in [0.5, 0.6) is 0 Å². The lowest BCUT2D eigenvalue weighted by molar-refractivity contribution is -0.130. The first-order valence-electron chi connectivity index (χ1n) is 4.82. The molecule has 0 aliphatic heterocycles. The molecule has 2 N–H and O–H groups in total. The van der Waals surface area contributed by atoms with Crippen LogP contribution in [0.15, 0.2) is 28.7 Å². The van der Waals surface area contributed by atoms with E-state index >= 15 is 0 Å². The predicted molar refractivity (Wildman–Crippen MR) is 71.5 cm³/mol. The van der Waals surface area contributed by atoms with Gasteiger partial charge in [-0.2, -0.15) is 0 Å². The van der Waals surface area contributed by atoms with Crippen LogP contribution in [0.4, 0.5) is 0 Å². The fourth-order valence-corrected chi connectivity index (χ4v) is 1.69. The van der Waals surface area contributed by atoms with Crippen molar-refractivity contribution >= 4 is 34.2 Å². The van der Waals surface area contributed by atoms with Crippen LogP contribution in [0, 0.1) is 0 Å². The number of rotatable bonds is 4. The number of nitrogens with two attached hydrogens (primary N) is 1. The third kappa shape index (κ3) is 4.51. The first kappa shape index (κ1) is 15.4. The number of hydrogen-bond donors (Lipinski definition) is 1. The van der Waals surface area contributed by atoms with Gasteiger partial charge in [0.05, 0.1) is 0 Å². The van der Waals surface area contributed by atoms with Gasteiger partial charge >= 0.3 is 0 Å². The van der Waals surface area contributed by atoms with Gasteiger partial charge in [0.2, 0.25) is 5.91 Å². The lowest BCUT2D eigenvalue weighted by Crippen LogP contribution is -2.28. The van der Waals surface area contributed by atoms with Gasteiger partial charge < -0.3 is 10.6 Å². The highest BCUT2D eigenvalue weighted by atomic mass is 79.9. The standard InChI is InChI=1S/C11H15BrN2O.ClH/c1-14(11(15)6-7-13)8-9-4-2-3-5-10(9)12;/h2-5H,6-8,13H2,1H3;1H.